The van der Waals surface area contributed by atoms with Gasteiger partial charge >= 0.3 is 0 Å². The van der Waals surface area contributed by atoms with E-state index >= 15 is 0 Å². The maximum Gasteiger partial charge on any atom is -0.0102 e. The summed E-state index contributed by atoms with van der Waals surface area (Å²) in [5.41, 5.74) is 4.01. The van der Waals surface area contributed by atoms with Gasteiger partial charge in [-0.1, -0.05) is 53.6 Å². The van der Waals surface area contributed by atoms with Crippen molar-refractivity contribution in [3.8, 4) is 0 Å². The van der Waals surface area contributed by atoms with Crippen molar-refractivity contribution in [1.29, 1.82) is 0 Å². The molecule has 0 heterocycles. The van der Waals surface area contributed by atoms with Crippen molar-refractivity contribution in [2.75, 3.05) is 0 Å². The Bertz CT molecular complexity index is 721. The normalized spacial score (nSPS) is 11.2. The van der Waals surface area contributed by atoms with E-state index in [0.717, 1.165) is 0 Å². The molecule has 84 valence electrons. The first-order valence-corrected chi connectivity index (χ1v) is 6.05. The van der Waals surface area contributed by atoms with E-state index in [1.165, 1.54) is 38.2 Å². The van der Waals surface area contributed by atoms with Crippen LogP contribution < -0.4 is 0 Å². The lowest BCUT2D eigenvalue weighted by Crippen LogP contribution is -1.84. The lowest BCUT2D eigenvalue weighted by atomic mass is 9.96. The van der Waals surface area contributed by atoms with Crippen molar-refractivity contribution >= 4 is 21.5 Å². The third-order valence-electron chi connectivity index (χ3n) is 3.47. The molecular formula is C17H16. The van der Waals surface area contributed by atoms with Crippen LogP contribution in [0.5, 0.6) is 0 Å². The lowest BCUT2D eigenvalue weighted by molar-refractivity contribution is 1.47. The fraction of sp³-hybridized carbons (Fsp3) is 0.176. The molecule has 0 amide bonds. The van der Waals surface area contributed by atoms with Crippen LogP contribution in [0.3, 0.4) is 0 Å². The van der Waals surface area contributed by atoms with Gasteiger partial charge in [-0.05, 0) is 47.9 Å². The molecule has 0 aliphatic rings. The molecule has 0 saturated carbocycles. The van der Waals surface area contributed by atoms with Crippen LogP contribution in [0.1, 0.15) is 16.7 Å². The smallest absolute Gasteiger partial charge is 0.0102 e. The van der Waals surface area contributed by atoms with Crippen LogP contribution in [0.25, 0.3) is 21.5 Å². The molecule has 0 fully saturated rings. The van der Waals surface area contributed by atoms with E-state index in [2.05, 4.69) is 63.2 Å². The minimum Gasteiger partial charge on any atom is -0.0587 e. The molecule has 0 heteroatoms. The molecule has 0 bridgehead atoms. The van der Waals surface area contributed by atoms with Crippen LogP contribution in [0.15, 0.2) is 42.5 Å². The van der Waals surface area contributed by atoms with Crippen molar-refractivity contribution in [3.63, 3.8) is 0 Å². The van der Waals surface area contributed by atoms with Crippen LogP contribution in [0, 0.1) is 20.8 Å². The molecule has 17 heavy (non-hydrogen) atoms. The van der Waals surface area contributed by atoms with E-state index in [4.69, 9.17) is 0 Å². The number of hydrogen-bond acceptors (Lipinski definition) is 0. The number of hydrogen-bond donors (Lipinski definition) is 0. The second kappa shape index (κ2) is 3.59. The van der Waals surface area contributed by atoms with E-state index in [1.807, 2.05) is 0 Å². The summed E-state index contributed by atoms with van der Waals surface area (Å²) < 4.78 is 0. The van der Waals surface area contributed by atoms with Gasteiger partial charge < -0.3 is 0 Å². The molecule has 0 radical (unpaired) electrons. The summed E-state index contributed by atoms with van der Waals surface area (Å²) in [6.45, 7) is 6.50. The molecular weight excluding hydrogens is 204 g/mol. The Morgan fingerprint density at radius 2 is 1.24 bits per heavy atom. The highest BCUT2D eigenvalue weighted by Crippen LogP contribution is 2.29. The van der Waals surface area contributed by atoms with Gasteiger partial charge in [-0.3, -0.25) is 0 Å². The molecule has 3 aromatic carbocycles. The predicted octanol–water partition coefficient (Wildman–Crippen LogP) is 4.92. The third kappa shape index (κ3) is 1.61. The standard InChI is InChI=1S/C17H16/c1-11-4-6-14-10-13(3)16-8-12(2)5-7-15(16)17(14)9-11/h4-10H,1-3H3. The van der Waals surface area contributed by atoms with E-state index in [1.54, 1.807) is 0 Å². The fourth-order valence-electron chi connectivity index (χ4n) is 2.56. The summed E-state index contributed by atoms with van der Waals surface area (Å²) in [6.07, 6.45) is 0. The zero-order valence-electron chi connectivity index (χ0n) is 10.5. The van der Waals surface area contributed by atoms with Crippen LogP contribution in [-0.2, 0) is 0 Å². The van der Waals surface area contributed by atoms with Gasteiger partial charge in [-0.25, -0.2) is 0 Å². The zero-order valence-corrected chi connectivity index (χ0v) is 10.5. The summed E-state index contributed by atoms with van der Waals surface area (Å²) in [5.74, 6) is 0. The van der Waals surface area contributed by atoms with Crippen molar-refractivity contribution in [1.82, 2.24) is 0 Å². The van der Waals surface area contributed by atoms with Crippen LogP contribution in [-0.4, -0.2) is 0 Å². The van der Waals surface area contributed by atoms with E-state index < -0.39 is 0 Å². The Labute approximate surface area is 102 Å². The molecule has 0 aromatic heterocycles. The molecule has 0 N–H and O–H groups in total. The molecule has 3 aromatic rings. The highest BCUT2D eigenvalue weighted by Gasteiger charge is 2.04. The van der Waals surface area contributed by atoms with Crippen LogP contribution in [0.2, 0.25) is 0 Å². The van der Waals surface area contributed by atoms with Crippen molar-refractivity contribution in [3.05, 3.63) is 59.2 Å². The Morgan fingerprint density at radius 3 is 2.00 bits per heavy atom. The minimum atomic E-state index is 1.32. The van der Waals surface area contributed by atoms with Gasteiger partial charge in [0, 0.05) is 0 Å². The summed E-state index contributed by atoms with van der Waals surface area (Å²) in [5, 5.41) is 5.45. The van der Waals surface area contributed by atoms with Gasteiger partial charge in [-0.2, -0.15) is 0 Å². The minimum absolute atomic E-state index is 1.32. The van der Waals surface area contributed by atoms with Gasteiger partial charge in [-0.15, -0.1) is 0 Å². The number of rotatable bonds is 0. The van der Waals surface area contributed by atoms with E-state index in [0.29, 0.717) is 0 Å². The summed E-state index contributed by atoms with van der Waals surface area (Å²) in [4.78, 5) is 0. The topological polar surface area (TPSA) is 0 Å². The first kappa shape index (κ1) is 10.3. The first-order chi connectivity index (χ1) is 8.15. The van der Waals surface area contributed by atoms with Gasteiger partial charge in [0.2, 0.25) is 0 Å². The number of fused-ring (bicyclic) bond motifs is 3. The summed E-state index contributed by atoms with van der Waals surface area (Å²) in [7, 11) is 0. The molecule has 0 aliphatic heterocycles. The van der Waals surface area contributed by atoms with Crippen molar-refractivity contribution in [2.24, 2.45) is 0 Å². The molecule has 0 spiro atoms. The van der Waals surface area contributed by atoms with Gasteiger partial charge in [0.05, 0.1) is 0 Å². The predicted molar refractivity (Wildman–Crippen MR) is 75.7 cm³/mol. The first-order valence-electron chi connectivity index (χ1n) is 6.05. The highest BCUT2D eigenvalue weighted by atomic mass is 14.1. The second-order valence-corrected chi connectivity index (χ2v) is 4.97. The van der Waals surface area contributed by atoms with E-state index in [9.17, 15) is 0 Å². The average molecular weight is 220 g/mol. The Morgan fingerprint density at radius 1 is 0.588 bits per heavy atom. The quantitative estimate of drug-likeness (QED) is 0.472. The summed E-state index contributed by atoms with van der Waals surface area (Å²) in [6, 6.07) is 15.7. The van der Waals surface area contributed by atoms with Gasteiger partial charge in [0.15, 0.2) is 0 Å². The molecule has 0 atom stereocenters. The Balaban J connectivity index is 2.57. The molecule has 3 rings (SSSR count). The third-order valence-corrected chi connectivity index (χ3v) is 3.47. The van der Waals surface area contributed by atoms with Gasteiger partial charge in [0.1, 0.15) is 0 Å². The fourth-order valence-corrected chi connectivity index (χ4v) is 2.56. The summed E-state index contributed by atoms with van der Waals surface area (Å²) >= 11 is 0. The zero-order chi connectivity index (χ0) is 12.0. The van der Waals surface area contributed by atoms with Crippen molar-refractivity contribution < 1.29 is 0 Å². The SMILES string of the molecule is Cc1ccc2c(c1)c(C)cc1ccc(C)cc12. The highest BCUT2D eigenvalue weighted by molar-refractivity contribution is 6.09. The molecule has 0 nitrogen and oxygen atoms in total. The molecule has 0 aliphatic carbocycles. The van der Waals surface area contributed by atoms with Gasteiger partial charge in [0.25, 0.3) is 0 Å². The maximum absolute atomic E-state index is 2.29. The van der Waals surface area contributed by atoms with E-state index in [-0.39, 0.29) is 0 Å². The monoisotopic (exact) mass is 220 g/mol. The number of benzene rings is 3. The lowest BCUT2D eigenvalue weighted by Gasteiger charge is -2.09. The van der Waals surface area contributed by atoms with Crippen LogP contribution >= 0.6 is 0 Å². The maximum atomic E-state index is 2.29. The molecule has 0 saturated heterocycles. The van der Waals surface area contributed by atoms with Crippen LogP contribution in [0.4, 0.5) is 0 Å². The largest absolute Gasteiger partial charge is 0.0587 e. The second-order valence-electron chi connectivity index (χ2n) is 4.97. The average Bonchev–Trinajstić information content (AvgIpc) is 2.30. The number of aryl methyl sites for hydroxylation is 3. The Hall–Kier alpha value is -1.82. The Kier molecular flexibility index (Phi) is 2.19. The van der Waals surface area contributed by atoms with Crippen molar-refractivity contribution in [2.45, 2.75) is 20.8 Å². The molecule has 0 unspecified atom stereocenters.